The van der Waals surface area contributed by atoms with Gasteiger partial charge in [0.25, 0.3) is 8.32 Å². The average Bonchev–Trinajstić information content (AvgIpc) is 3.68. The number of thiazole rings is 1. The van der Waals surface area contributed by atoms with Gasteiger partial charge in [-0.15, -0.1) is 11.3 Å². The molecule has 0 saturated heterocycles. The largest absolute Gasteiger partial charge is 0.469 e. The monoisotopic (exact) mass is 684 g/mol. The minimum atomic E-state index is -3.04. The topological polar surface area (TPSA) is 95.5 Å². The SMILES string of the molecule is COC(=O)[C@@H]1C[C@@H](Nc2nc(SC)ncc2-c2nc3ccccc3s2)[C@@H](OC)[C@@H]1O[Si](c1ccccc1)(c1ccccc1)C(C)(C)C. The number of methoxy groups -OCH3 is 2. The van der Waals surface area contributed by atoms with Gasteiger partial charge < -0.3 is 19.2 Å². The number of esters is 1. The first kappa shape index (κ1) is 33.3. The van der Waals surface area contributed by atoms with Crippen molar-refractivity contribution in [2.75, 3.05) is 25.8 Å². The van der Waals surface area contributed by atoms with E-state index in [1.807, 2.05) is 42.8 Å². The first-order chi connectivity index (χ1) is 22.7. The highest BCUT2D eigenvalue weighted by Gasteiger charge is 2.57. The van der Waals surface area contributed by atoms with Crippen LogP contribution in [0.2, 0.25) is 5.04 Å². The number of benzene rings is 3. The number of nitrogens with zero attached hydrogens (tertiary/aromatic N) is 3. The summed E-state index contributed by atoms with van der Waals surface area (Å²) in [5.74, 6) is -0.250. The zero-order valence-electron chi connectivity index (χ0n) is 27.5. The van der Waals surface area contributed by atoms with Gasteiger partial charge >= 0.3 is 5.97 Å². The Morgan fingerprint density at radius 3 is 2.13 bits per heavy atom. The second-order valence-corrected chi connectivity index (χ2v) is 18.7. The number of hydrogen-bond acceptors (Lipinski definition) is 10. The second kappa shape index (κ2) is 13.9. The number of nitrogens with one attached hydrogen (secondary N) is 1. The number of rotatable bonds is 10. The first-order valence-corrected chi connectivity index (χ1v) is 19.6. The first-order valence-electron chi connectivity index (χ1n) is 15.6. The maximum absolute atomic E-state index is 13.6. The third-order valence-electron chi connectivity index (χ3n) is 8.93. The minimum Gasteiger partial charge on any atom is -0.469 e. The molecular weight excluding hydrogens is 645 g/mol. The van der Waals surface area contributed by atoms with Gasteiger partial charge in [-0.25, -0.2) is 15.0 Å². The Hall–Kier alpha value is -3.61. The van der Waals surface area contributed by atoms with E-state index in [0.29, 0.717) is 17.4 Å². The van der Waals surface area contributed by atoms with E-state index in [-0.39, 0.29) is 17.0 Å². The lowest BCUT2D eigenvalue weighted by molar-refractivity contribution is -0.149. The van der Waals surface area contributed by atoms with E-state index in [4.69, 9.17) is 23.9 Å². The number of hydrogen-bond donors (Lipinski definition) is 1. The van der Waals surface area contributed by atoms with E-state index in [1.165, 1.54) is 18.9 Å². The summed E-state index contributed by atoms with van der Waals surface area (Å²) in [6.45, 7) is 6.69. The Bertz CT molecular complexity index is 1760. The zero-order chi connectivity index (χ0) is 33.2. The van der Waals surface area contributed by atoms with E-state index >= 15 is 0 Å². The Morgan fingerprint density at radius 2 is 1.55 bits per heavy atom. The van der Waals surface area contributed by atoms with E-state index in [1.54, 1.807) is 18.4 Å². The van der Waals surface area contributed by atoms with Gasteiger partial charge in [-0.2, -0.15) is 0 Å². The molecule has 3 aromatic carbocycles. The van der Waals surface area contributed by atoms with Gasteiger partial charge in [0.05, 0.1) is 41.0 Å². The van der Waals surface area contributed by atoms with Gasteiger partial charge in [0.15, 0.2) is 5.16 Å². The van der Waals surface area contributed by atoms with Crippen molar-refractivity contribution < 1.29 is 18.7 Å². The third-order valence-corrected chi connectivity index (χ3v) is 15.6. The maximum atomic E-state index is 13.6. The molecule has 8 nitrogen and oxygen atoms in total. The highest BCUT2D eigenvalue weighted by molar-refractivity contribution is 7.98. The fourth-order valence-electron chi connectivity index (χ4n) is 6.76. The highest BCUT2D eigenvalue weighted by atomic mass is 32.2. The minimum absolute atomic E-state index is 0.292. The number of anilines is 1. The van der Waals surface area contributed by atoms with Crippen LogP contribution in [0.3, 0.4) is 0 Å². The molecule has 0 unspecified atom stereocenters. The van der Waals surface area contributed by atoms with Crippen molar-refractivity contribution in [1.82, 2.24) is 15.0 Å². The van der Waals surface area contributed by atoms with Crippen LogP contribution in [0.4, 0.5) is 5.82 Å². The Labute approximate surface area is 285 Å². The van der Waals surface area contributed by atoms with Crippen molar-refractivity contribution in [2.24, 2.45) is 5.92 Å². The van der Waals surface area contributed by atoms with Gasteiger partial charge in [-0.1, -0.05) is 105 Å². The van der Waals surface area contributed by atoms with Crippen LogP contribution < -0.4 is 15.7 Å². The predicted octanol–water partition coefficient (Wildman–Crippen LogP) is 6.41. The molecule has 1 fully saturated rings. The fraction of sp³-hybridized carbons (Fsp3) is 0.333. The molecule has 244 valence electrons. The lowest BCUT2D eigenvalue weighted by Crippen LogP contribution is -2.69. The summed E-state index contributed by atoms with van der Waals surface area (Å²) in [6, 6.07) is 28.6. The van der Waals surface area contributed by atoms with E-state index in [0.717, 1.165) is 31.2 Å². The van der Waals surface area contributed by atoms with Crippen molar-refractivity contribution in [3.05, 3.63) is 91.1 Å². The summed E-state index contributed by atoms with van der Waals surface area (Å²) in [4.78, 5) is 28.0. The van der Waals surface area contributed by atoms with Crippen molar-refractivity contribution in [1.29, 1.82) is 0 Å². The van der Waals surface area contributed by atoms with Crippen LogP contribution >= 0.6 is 23.1 Å². The van der Waals surface area contributed by atoms with Gasteiger partial charge in [0.1, 0.15) is 16.9 Å². The number of ether oxygens (including phenoxy) is 2. The predicted molar refractivity (Wildman–Crippen MR) is 193 cm³/mol. The summed E-state index contributed by atoms with van der Waals surface area (Å²) in [7, 11) is 0.0741. The Balaban J connectivity index is 1.44. The molecule has 0 amide bonds. The number of carbonyl (C=O) groups excluding carboxylic acids is 1. The van der Waals surface area contributed by atoms with Gasteiger partial charge in [-0.05, 0) is 40.2 Å². The van der Waals surface area contributed by atoms with Gasteiger partial charge in [0, 0.05) is 13.3 Å². The maximum Gasteiger partial charge on any atom is 0.311 e. The van der Waals surface area contributed by atoms with Crippen LogP contribution in [0.5, 0.6) is 0 Å². The molecule has 1 saturated carbocycles. The summed E-state index contributed by atoms with van der Waals surface area (Å²) in [6.07, 6.45) is 3.13. The molecule has 0 aliphatic heterocycles. The molecule has 1 aliphatic carbocycles. The van der Waals surface area contributed by atoms with Crippen LogP contribution in [0.25, 0.3) is 20.8 Å². The quantitative estimate of drug-likeness (QED) is 0.0775. The third kappa shape index (κ3) is 6.34. The van der Waals surface area contributed by atoms with Crippen molar-refractivity contribution in [2.45, 2.75) is 55.6 Å². The standard InChI is InChI=1S/C36H40N4O4S2Si/c1-36(2,3)47(23-15-9-7-10-16-23,24-17-11-8-12-18-24)44-30-25(34(41)43-5)21-28(31(30)42-4)38-32-26(22-37-35(40-32)45-6)33-39-27-19-13-14-20-29(27)46-33/h7-20,22,25,28,30-31H,21H2,1-6H3,(H,37,38,40)/t25-,28-,30-,31-/m1/s1. The Kier molecular flexibility index (Phi) is 9.82. The van der Waals surface area contributed by atoms with E-state index < -0.39 is 26.4 Å². The van der Waals surface area contributed by atoms with Crippen molar-refractivity contribution in [3.8, 4) is 10.6 Å². The van der Waals surface area contributed by atoms with Gasteiger partial charge in [-0.3, -0.25) is 4.79 Å². The fourth-order valence-corrected chi connectivity index (χ4v) is 12.8. The molecule has 47 heavy (non-hydrogen) atoms. The molecule has 0 radical (unpaired) electrons. The Morgan fingerprint density at radius 1 is 0.915 bits per heavy atom. The van der Waals surface area contributed by atoms with Crippen LogP contribution in [0, 0.1) is 5.92 Å². The number of fused-ring (bicyclic) bond motifs is 1. The zero-order valence-corrected chi connectivity index (χ0v) is 30.1. The summed E-state index contributed by atoms with van der Waals surface area (Å²) < 4.78 is 20.3. The lowest BCUT2D eigenvalue weighted by atomic mass is 10.1. The molecule has 2 aromatic heterocycles. The molecule has 0 spiro atoms. The molecule has 1 N–H and O–H groups in total. The van der Waals surface area contributed by atoms with E-state index in [2.05, 4.69) is 85.7 Å². The van der Waals surface area contributed by atoms with Crippen molar-refractivity contribution >= 4 is 63.8 Å². The van der Waals surface area contributed by atoms with E-state index in [9.17, 15) is 4.79 Å². The van der Waals surface area contributed by atoms with Crippen LogP contribution in [-0.4, -0.2) is 68.0 Å². The number of carbonyl (C=O) groups is 1. The summed E-state index contributed by atoms with van der Waals surface area (Å²) in [5.41, 5.74) is 1.72. The second-order valence-electron chi connectivity index (χ2n) is 12.7. The number of para-hydroxylation sites is 1. The van der Waals surface area contributed by atoms with Crippen LogP contribution in [0.1, 0.15) is 27.2 Å². The number of aromatic nitrogens is 3. The van der Waals surface area contributed by atoms with Crippen LogP contribution in [-0.2, 0) is 18.7 Å². The van der Waals surface area contributed by atoms with Crippen molar-refractivity contribution in [3.63, 3.8) is 0 Å². The molecule has 6 rings (SSSR count). The molecule has 1 aliphatic rings. The lowest BCUT2D eigenvalue weighted by Gasteiger charge is -2.46. The smallest absolute Gasteiger partial charge is 0.311 e. The van der Waals surface area contributed by atoms with Crippen LogP contribution in [0.15, 0.2) is 96.3 Å². The highest BCUT2D eigenvalue weighted by Crippen LogP contribution is 2.43. The average molecular weight is 685 g/mol. The summed E-state index contributed by atoms with van der Waals surface area (Å²) in [5, 5.41) is 7.10. The molecule has 4 atom stereocenters. The molecule has 0 bridgehead atoms. The molecule has 11 heteroatoms. The molecular formula is C36H40N4O4S2Si. The normalized spacial score (nSPS) is 20.0. The molecule has 2 heterocycles. The number of thioether (sulfide) groups is 1. The summed E-state index contributed by atoms with van der Waals surface area (Å²) >= 11 is 3.06. The molecule has 5 aromatic rings. The van der Waals surface area contributed by atoms with Gasteiger partial charge in [0.2, 0.25) is 0 Å².